The van der Waals surface area contributed by atoms with Crippen molar-refractivity contribution in [2.75, 3.05) is 9.62 Å². The maximum Gasteiger partial charge on any atom is 0.261 e. The zero-order valence-corrected chi connectivity index (χ0v) is 17.4. The smallest absolute Gasteiger partial charge is 0.261 e. The van der Waals surface area contributed by atoms with E-state index in [0.717, 1.165) is 23.7 Å². The SMILES string of the molecule is Cc1cc(S(=O)(=O)Nc2ccc(C(=O)N3c4ccccc4C[C@@H]3C)cc2)ccc1F. The molecule has 0 aromatic heterocycles. The van der Waals surface area contributed by atoms with Crippen molar-refractivity contribution >= 4 is 27.3 Å². The molecule has 154 valence electrons. The third kappa shape index (κ3) is 3.68. The number of nitrogens with one attached hydrogen (secondary N) is 1. The first-order valence-electron chi connectivity index (χ1n) is 9.57. The molecular formula is C23H21FN2O3S. The predicted octanol–water partition coefficient (Wildman–Crippen LogP) is 4.53. The van der Waals surface area contributed by atoms with Crippen LogP contribution in [0.1, 0.15) is 28.4 Å². The highest BCUT2D eigenvalue weighted by atomic mass is 32.2. The van der Waals surface area contributed by atoms with Crippen molar-refractivity contribution in [3.05, 3.63) is 89.2 Å². The molecule has 0 aliphatic carbocycles. The summed E-state index contributed by atoms with van der Waals surface area (Å²) in [7, 11) is -3.86. The van der Waals surface area contributed by atoms with Crippen LogP contribution in [0.15, 0.2) is 71.6 Å². The molecule has 1 heterocycles. The fourth-order valence-electron chi connectivity index (χ4n) is 3.69. The molecule has 3 aromatic carbocycles. The van der Waals surface area contributed by atoms with Gasteiger partial charge in [0.25, 0.3) is 15.9 Å². The van der Waals surface area contributed by atoms with Gasteiger partial charge in [0.15, 0.2) is 0 Å². The number of halogens is 1. The van der Waals surface area contributed by atoms with Crippen molar-refractivity contribution in [3.63, 3.8) is 0 Å². The van der Waals surface area contributed by atoms with E-state index in [4.69, 9.17) is 0 Å². The monoisotopic (exact) mass is 424 g/mol. The lowest BCUT2D eigenvalue weighted by Crippen LogP contribution is -2.35. The van der Waals surface area contributed by atoms with E-state index in [2.05, 4.69) is 4.72 Å². The van der Waals surface area contributed by atoms with E-state index in [9.17, 15) is 17.6 Å². The molecule has 0 saturated carbocycles. The number of sulfonamides is 1. The minimum absolute atomic E-state index is 0.0240. The van der Waals surface area contributed by atoms with Gasteiger partial charge in [0, 0.05) is 23.0 Å². The Morgan fingerprint density at radius 2 is 1.77 bits per heavy atom. The minimum atomic E-state index is -3.86. The average molecular weight is 424 g/mol. The molecule has 0 saturated heterocycles. The molecule has 0 bridgehead atoms. The number of aryl methyl sites for hydroxylation is 1. The van der Waals surface area contributed by atoms with E-state index in [1.54, 1.807) is 29.2 Å². The second-order valence-corrected chi connectivity index (χ2v) is 9.13. The summed E-state index contributed by atoms with van der Waals surface area (Å²) in [5, 5.41) is 0. The second-order valence-electron chi connectivity index (χ2n) is 7.45. The maximum atomic E-state index is 13.4. The molecule has 1 atom stereocenters. The van der Waals surface area contributed by atoms with Gasteiger partial charge in [-0.25, -0.2) is 12.8 Å². The first-order valence-corrected chi connectivity index (χ1v) is 11.0. The van der Waals surface area contributed by atoms with Crippen LogP contribution in [0.3, 0.4) is 0 Å². The predicted molar refractivity (Wildman–Crippen MR) is 115 cm³/mol. The molecule has 0 unspecified atom stereocenters. The van der Waals surface area contributed by atoms with E-state index < -0.39 is 15.8 Å². The van der Waals surface area contributed by atoms with E-state index in [1.807, 2.05) is 31.2 Å². The highest BCUT2D eigenvalue weighted by Gasteiger charge is 2.31. The Hall–Kier alpha value is -3.19. The van der Waals surface area contributed by atoms with Gasteiger partial charge >= 0.3 is 0 Å². The minimum Gasteiger partial charge on any atom is -0.305 e. The Labute approximate surface area is 175 Å². The van der Waals surface area contributed by atoms with Crippen molar-refractivity contribution in [1.29, 1.82) is 0 Å². The molecule has 1 aliphatic heterocycles. The lowest BCUT2D eigenvalue weighted by Gasteiger charge is -2.23. The summed E-state index contributed by atoms with van der Waals surface area (Å²) in [6.07, 6.45) is 0.802. The topological polar surface area (TPSA) is 66.5 Å². The molecule has 1 amide bonds. The van der Waals surface area contributed by atoms with Crippen LogP contribution in [0.5, 0.6) is 0 Å². The average Bonchev–Trinajstić information content (AvgIpc) is 3.05. The Morgan fingerprint density at radius 3 is 2.47 bits per heavy atom. The fraction of sp³-hybridized carbons (Fsp3) is 0.174. The van der Waals surface area contributed by atoms with E-state index in [1.165, 1.54) is 19.1 Å². The Kier molecular flexibility index (Phi) is 5.07. The molecule has 7 heteroatoms. The van der Waals surface area contributed by atoms with Gasteiger partial charge in [-0.2, -0.15) is 0 Å². The van der Waals surface area contributed by atoms with Crippen LogP contribution in [0.2, 0.25) is 0 Å². The molecular weight excluding hydrogens is 403 g/mol. The maximum absolute atomic E-state index is 13.4. The summed E-state index contributed by atoms with van der Waals surface area (Å²) in [4.78, 5) is 14.8. The zero-order valence-electron chi connectivity index (χ0n) is 16.6. The highest BCUT2D eigenvalue weighted by Crippen LogP contribution is 2.33. The van der Waals surface area contributed by atoms with Crippen molar-refractivity contribution in [2.24, 2.45) is 0 Å². The van der Waals surface area contributed by atoms with Crippen LogP contribution in [-0.2, 0) is 16.4 Å². The molecule has 1 aliphatic rings. The number of carbonyl (C=O) groups is 1. The number of nitrogens with zero attached hydrogens (tertiary/aromatic N) is 1. The first kappa shape index (κ1) is 20.1. The van der Waals surface area contributed by atoms with Crippen molar-refractivity contribution in [2.45, 2.75) is 31.2 Å². The van der Waals surface area contributed by atoms with Gasteiger partial charge in [0.2, 0.25) is 0 Å². The summed E-state index contributed by atoms with van der Waals surface area (Å²) in [5.41, 5.74) is 3.09. The number of anilines is 2. The molecule has 1 N–H and O–H groups in total. The van der Waals surface area contributed by atoms with Crippen molar-refractivity contribution < 1.29 is 17.6 Å². The highest BCUT2D eigenvalue weighted by molar-refractivity contribution is 7.92. The standard InChI is InChI=1S/C23H21FN2O3S/c1-15-13-20(11-12-21(15)24)30(28,29)25-19-9-7-17(8-10-19)23(27)26-16(2)14-18-5-3-4-6-22(18)26/h3-13,16,25H,14H2,1-2H3/t16-/m0/s1. The van der Waals surface area contributed by atoms with E-state index >= 15 is 0 Å². The largest absolute Gasteiger partial charge is 0.305 e. The van der Waals surface area contributed by atoms with Crippen LogP contribution in [0.4, 0.5) is 15.8 Å². The van der Waals surface area contributed by atoms with Crippen LogP contribution >= 0.6 is 0 Å². The number of benzene rings is 3. The van der Waals surface area contributed by atoms with Gasteiger partial charge in [-0.3, -0.25) is 9.52 Å². The van der Waals surface area contributed by atoms with Crippen molar-refractivity contribution in [3.8, 4) is 0 Å². The molecule has 0 spiro atoms. The summed E-state index contributed by atoms with van der Waals surface area (Å²) < 4.78 is 41.0. The number of hydrogen-bond acceptors (Lipinski definition) is 3. The van der Waals surface area contributed by atoms with Crippen molar-refractivity contribution in [1.82, 2.24) is 0 Å². The molecule has 0 fully saturated rings. The van der Waals surface area contributed by atoms with E-state index in [0.29, 0.717) is 11.3 Å². The number of para-hydroxylation sites is 1. The number of rotatable bonds is 4. The van der Waals surface area contributed by atoms with Gasteiger partial charge in [0.05, 0.1) is 4.90 Å². The quantitative estimate of drug-likeness (QED) is 0.669. The summed E-state index contributed by atoms with van der Waals surface area (Å²) in [6.45, 7) is 3.51. The number of amides is 1. The Morgan fingerprint density at radius 1 is 1.07 bits per heavy atom. The van der Waals surface area contributed by atoms with Gasteiger partial charge in [-0.1, -0.05) is 18.2 Å². The van der Waals surface area contributed by atoms with Crippen LogP contribution in [0.25, 0.3) is 0 Å². The van der Waals surface area contributed by atoms with E-state index in [-0.39, 0.29) is 22.4 Å². The lowest BCUT2D eigenvalue weighted by atomic mass is 10.1. The Balaban J connectivity index is 1.54. The molecule has 5 nitrogen and oxygen atoms in total. The first-order chi connectivity index (χ1) is 14.3. The van der Waals surface area contributed by atoms with Crippen LogP contribution in [0, 0.1) is 12.7 Å². The number of fused-ring (bicyclic) bond motifs is 1. The summed E-state index contributed by atoms with van der Waals surface area (Å²) in [6, 6.07) is 17.8. The molecule has 0 radical (unpaired) electrons. The zero-order chi connectivity index (χ0) is 21.5. The number of carbonyl (C=O) groups excluding carboxylic acids is 1. The Bertz CT molecular complexity index is 1220. The fourth-order valence-corrected chi connectivity index (χ4v) is 4.84. The summed E-state index contributed by atoms with van der Waals surface area (Å²) in [5.74, 6) is -0.592. The third-order valence-electron chi connectivity index (χ3n) is 5.25. The molecule has 30 heavy (non-hydrogen) atoms. The molecule has 4 rings (SSSR count). The van der Waals surface area contributed by atoms with Gasteiger partial charge in [-0.15, -0.1) is 0 Å². The third-order valence-corrected chi connectivity index (χ3v) is 6.63. The molecule has 3 aromatic rings. The van der Waals surface area contributed by atoms with Crippen LogP contribution in [-0.4, -0.2) is 20.4 Å². The van der Waals surface area contributed by atoms with Gasteiger partial charge in [-0.05, 0) is 79.9 Å². The second kappa shape index (κ2) is 7.57. The number of hydrogen-bond donors (Lipinski definition) is 1. The summed E-state index contributed by atoms with van der Waals surface area (Å²) >= 11 is 0. The lowest BCUT2D eigenvalue weighted by molar-refractivity contribution is 0.0981. The van der Waals surface area contributed by atoms with Gasteiger partial charge in [0.1, 0.15) is 5.82 Å². The van der Waals surface area contributed by atoms with Crippen LogP contribution < -0.4 is 9.62 Å². The normalized spacial score (nSPS) is 15.7. The van der Waals surface area contributed by atoms with Gasteiger partial charge < -0.3 is 4.90 Å².